The maximum Gasteiger partial charge on any atom is 0.162 e. The SMILES string of the molecule is Oc1cc2ccccc2cc1OCc1ccc(Cl)c(Cl)c1. The van der Waals surface area contributed by atoms with E-state index in [2.05, 4.69) is 0 Å². The summed E-state index contributed by atoms with van der Waals surface area (Å²) >= 11 is 11.8. The highest BCUT2D eigenvalue weighted by Gasteiger charge is 2.06. The van der Waals surface area contributed by atoms with Crippen LogP contribution in [0.25, 0.3) is 10.8 Å². The van der Waals surface area contributed by atoms with Gasteiger partial charge >= 0.3 is 0 Å². The fraction of sp³-hybridized carbons (Fsp3) is 0.0588. The lowest BCUT2D eigenvalue weighted by Crippen LogP contribution is -1.96. The third kappa shape index (κ3) is 3.07. The predicted octanol–water partition coefficient (Wildman–Crippen LogP) is 5.43. The lowest BCUT2D eigenvalue weighted by atomic mass is 10.1. The van der Waals surface area contributed by atoms with Crippen LogP contribution in [-0.4, -0.2) is 5.11 Å². The van der Waals surface area contributed by atoms with E-state index in [0.29, 0.717) is 22.4 Å². The van der Waals surface area contributed by atoms with Crippen LogP contribution in [0.1, 0.15) is 5.56 Å². The number of halogens is 2. The number of phenolic OH excluding ortho intramolecular Hbond substituents is 1. The molecular weight excluding hydrogens is 307 g/mol. The highest BCUT2D eigenvalue weighted by Crippen LogP contribution is 2.32. The standard InChI is InChI=1S/C17H12Cl2O2/c18-14-6-5-11(7-15(14)19)10-21-17-9-13-4-2-1-3-12(13)8-16(17)20/h1-9,20H,10H2. The Kier molecular flexibility index (Phi) is 3.91. The fourth-order valence-corrected chi connectivity index (χ4v) is 2.43. The van der Waals surface area contributed by atoms with Gasteiger partial charge in [-0.15, -0.1) is 0 Å². The van der Waals surface area contributed by atoms with Crippen LogP contribution in [0.3, 0.4) is 0 Å². The summed E-state index contributed by atoms with van der Waals surface area (Å²) in [4.78, 5) is 0. The van der Waals surface area contributed by atoms with Gasteiger partial charge in [-0.25, -0.2) is 0 Å². The van der Waals surface area contributed by atoms with Gasteiger partial charge in [-0.3, -0.25) is 0 Å². The van der Waals surface area contributed by atoms with Crippen molar-refractivity contribution in [3.63, 3.8) is 0 Å². The van der Waals surface area contributed by atoms with E-state index in [9.17, 15) is 5.11 Å². The van der Waals surface area contributed by atoms with E-state index in [-0.39, 0.29) is 5.75 Å². The topological polar surface area (TPSA) is 29.5 Å². The summed E-state index contributed by atoms with van der Waals surface area (Å²) in [7, 11) is 0. The molecule has 0 aromatic heterocycles. The number of hydrogen-bond donors (Lipinski definition) is 1. The number of fused-ring (bicyclic) bond motifs is 1. The quantitative estimate of drug-likeness (QED) is 0.697. The van der Waals surface area contributed by atoms with Crippen LogP contribution in [0.15, 0.2) is 54.6 Å². The van der Waals surface area contributed by atoms with Gasteiger partial charge in [0, 0.05) is 0 Å². The summed E-state index contributed by atoms with van der Waals surface area (Å²) in [5, 5.41) is 13.0. The summed E-state index contributed by atoms with van der Waals surface area (Å²) in [6, 6.07) is 16.6. The first-order valence-electron chi connectivity index (χ1n) is 6.42. The second-order valence-electron chi connectivity index (χ2n) is 4.70. The van der Waals surface area contributed by atoms with Gasteiger partial charge in [-0.05, 0) is 40.6 Å². The molecule has 0 saturated heterocycles. The molecule has 0 bridgehead atoms. The first-order chi connectivity index (χ1) is 10.1. The minimum Gasteiger partial charge on any atom is -0.504 e. The summed E-state index contributed by atoms with van der Waals surface area (Å²) in [5.41, 5.74) is 0.886. The van der Waals surface area contributed by atoms with Crippen molar-refractivity contribution in [1.29, 1.82) is 0 Å². The molecule has 106 valence electrons. The molecule has 0 aliphatic heterocycles. The van der Waals surface area contributed by atoms with Gasteiger partial charge in [0.1, 0.15) is 6.61 Å². The maximum absolute atomic E-state index is 10.0. The molecule has 0 atom stereocenters. The van der Waals surface area contributed by atoms with E-state index in [1.54, 1.807) is 18.2 Å². The third-order valence-corrected chi connectivity index (χ3v) is 3.94. The number of rotatable bonds is 3. The van der Waals surface area contributed by atoms with Gasteiger partial charge < -0.3 is 9.84 Å². The minimum atomic E-state index is 0.119. The van der Waals surface area contributed by atoms with Crippen molar-refractivity contribution in [3.05, 3.63) is 70.2 Å². The Labute approximate surface area is 132 Å². The van der Waals surface area contributed by atoms with Crippen molar-refractivity contribution in [2.45, 2.75) is 6.61 Å². The molecule has 0 unspecified atom stereocenters. The van der Waals surface area contributed by atoms with Crippen LogP contribution in [0.4, 0.5) is 0 Å². The maximum atomic E-state index is 10.0. The van der Waals surface area contributed by atoms with Crippen molar-refractivity contribution in [2.24, 2.45) is 0 Å². The molecule has 3 aromatic carbocycles. The van der Waals surface area contributed by atoms with Crippen LogP contribution in [0, 0.1) is 0 Å². The molecule has 21 heavy (non-hydrogen) atoms. The largest absolute Gasteiger partial charge is 0.504 e. The van der Waals surface area contributed by atoms with Crippen LogP contribution in [0.2, 0.25) is 10.0 Å². The lowest BCUT2D eigenvalue weighted by molar-refractivity contribution is 0.289. The summed E-state index contributed by atoms with van der Waals surface area (Å²) < 4.78 is 5.67. The molecule has 0 fully saturated rings. The number of aromatic hydroxyl groups is 1. The molecule has 3 rings (SSSR count). The van der Waals surface area contributed by atoms with Crippen molar-refractivity contribution >= 4 is 34.0 Å². The van der Waals surface area contributed by atoms with E-state index in [1.165, 1.54) is 0 Å². The number of ether oxygens (including phenoxy) is 1. The monoisotopic (exact) mass is 318 g/mol. The van der Waals surface area contributed by atoms with E-state index in [1.807, 2.05) is 36.4 Å². The summed E-state index contributed by atoms with van der Waals surface area (Å²) in [6.45, 7) is 0.308. The molecule has 0 heterocycles. The number of hydrogen-bond acceptors (Lipinski definition) is 2. The minimum absolute atomic E-state index is 0.119. The van der Waals surface area contributed by atoms with Crippen LogP contribution in [-0.2, 0) is 6.61 Å². The number of benzene rings is 3. The molecule has 0 spiro atoms. The first-order valence-corrected chi connectivity index (χ1v) is 7.17. The molecule has 4 heteroatoms. The molecule has 0 aliphatic carbocycles. The van der Waals surface area contributed by atoms with Gasteiger partial charge in [0.25, 0.3) is 0 Å². The van der Waals surface area contributed by atoms with Gasteiger partial charge in [0.15, 0.2) is 11.5 Å². The van der Waals surface area contributed by atoms with Crippen molar-refractivity contribution < 1.29 is 9.84 Å². The average Bonchev–Trinajstić information content (AvgIpc) is 2.48. The van der Waals surface area contributed by atoms with E-state index in [0.717, 1.165) is 16.3 Å². The van der Waals surface area contributed by atoms with Gasteiger partial charge in [0.2, 0.25) is 0 Å². The Bertz CT molecular complexity index is 800. The molecule has 0 aliphatic rings. The molecule has 2 nitrogen and oxygen atoms in total. The van der Waals surface area contributed by atoms with Crippen LogP contribution >= 0.6 is 23.2 Å². The lowest BCUT2D eigenvalue weighted by Gasteiger charge is -2.10. The zero-order valence-corrected chi connectivity index (χ0v) is 12.5. The molecule has 1 N–H and O–H groups in total. The first kappa shape index (κ1) is 14.1. The third-order valence-electron chi connectivity index (χ3n) is 3.21. The summed E-state index contributed by atoms with van der Waals surface area (Å²) in [6.07, 6.45) is 0. The van der Waals surface area contributed by atoms with Crippen molar-refractivity contribution in [1.82, 2.24) is 0 Å². The molecule has 0 saturated carbocycles. The average molecular weight is 319 g/mol. The molecule has 3 aromatic rings. The Morgan fingerprint density at radius 3 is 2.29 bits per heavy atom. The Balaban J connectivity index is 1.84. The highest BCUT2D eigenvalue weighted by atomic mass is 35.5. The Hall–Kier alpha value is -1.90. The molecular formula is C17H12Cl2O2. The van der Waals surface area contributed by atoms with Crippen LogP contribution in [0.5, 0.6) is 11.5 Å². The fourth-order valence-electron chi connectivity index (χ4n) is 2.11. The highest BCUT2D eigenvalue weighted by molar-refractivity contribution is 6.42. The zero-order chi connectivity index (χ0) is 14.8. The normalized spacial score (nSPS) is 10.8. The molecule has 0 radical (unpaired) electrons. The number of phenols is 1. The van der Waals surface area contributed by atoms with Gasteiger partial charge in [-0.1, -0.05) is 53.5 Å². The van der Waals surface area contributed by atoms with Gasteiger partial charge in [-0.2, -0.15) is 0 Å². The molecule has 0 amide bonds. The Morgan fingerprint density at radius 1 is 0.857 bits per heavy atom. The Morgan fingerprint density at radius 2 is 1.57 bits per heavy atom. The second kappa shape index (κ2) is 5.84. The van der Waals surface area contributed by atoms with E-state index < -0.39 is 0 Å². The van der Waals surface area contributed by atoms with E-state index >= 15 is 0 Å². The van der Waals surface area contributed by atoms with E-state index in [4.69, 9.17) is 27.9 Å². The van der Waals surface area contributed by atoms with Crippen molar-refractivity contribution in [3.8, 4) is 11.5 Å². The second-order valence-corrected chi connectivity index (χ2v) is 5.52. The summed E-state index contributed by atoms with van der Waals surface area (Å²) in [5.74, 6) is 0.563. The van der Waals surface area contributed by atoms with Crippen molar-refractivity contribution in [2.75, 3.05) is 0 Å². The zero-order valence-electron chi connectivity index (χ0n) is 11.0. The smallest absolute Gasteiger partial charge is 0.162 e. The van der Waals surface area contributed by atoms with Gasteiger partial charge in [0.05, 0.1) is 10.0 Å². The van der Waals surface area contributed by atoms with Crippen LogP contribution < -0.4 is 4.74 Å². The predicted molar refractivity (Wildman–Crippen MR) is 86.4 cm³/mol.